The van der Waals surface area contributed by atoms with Crippen LogP contribution in [0.15, 0.2) is 22.8 Å². The molecule has 20 heavy (non-hydrogen) atoms. The van der Waals surface area contributed by atoms with Gasteiger partial charge in [0.25, 0.3) is 0 Å². The van der Waals surface area contributed by atoms with E-state index >= 15 is 0 Å². The fraction of sp³-hybridized carbons (Fsp3) is 0.667. The lowest BCUT2D eigenvalue weighted by molar-refractivity contribution is -0.130. The molecule has 3 rings (SSSR count). The Morgan fingerprint density at radius 3 is 2.90 bits per heavy atom. The number of nitrogens with zero attached hydrogens (tertiary/aromatic N) is 1. The predicted molar refractivity (Wildman–Crippen MR) is 74.2 cm³/mol. The van der Waals surface area contributed by atoms with E-state index in [1.807, 2.05) is 12.1 Å². The summed E-state index contributed by atoms with van der Waals surface area (Å²) in [5.41, 5.74) is 0. The molecule has 0 radical (unpaired) electrons. The van der Waals surface area contributed by atoms with Crippen molar-refractivity contribution in [3.63, 3.8) is 0 Å². The monoisotopic (exact) mass is 278 g/mol. The maximum absolute atomic E-state index is 12.0. The predicted octanol–water partition coefficient (Wildman–Crippen LogP) is 1.71. The van der Waals surface area contributed by atoms with Crippen molar-refractivity contribution >= 4 is 5.91 Å². The number of amides is 1. The molecule has 0 spiro atoms. The van der Waals surface area contributed by atoms with Crippen molar-refractivity contribution < 1.29 is 13.9 Å². The number of likely N-dealkylation sites (tertiary alicyclic amines) is 1. The molecule has 1 aromatic rings. The minimum atomic E-state index is -0.258. The summed E-state index contributed by atoms with van der Waals surface area (Å²) in [6, 6.07) is 4.03. The molecule has 1 amide bonds. The molecule has 2 fully saturated rings. The van der Waals surface area contributed by atoms with Gasteiger partial charge >= 0.3 is 0 Å². The zero-order valence-electron chi connectivity index (χ0n) is 11.7. The number of ether oxygens (including phenoxy) is 1. The van der Waals surface area contributed by atoms with E-state index < -0.39 is 0 Å². The Hall–Kier alpha value is -1.33. The van der Waals surface area contributed by atoms with Gasteiger partial charge in [0.15, 0.2) is 0 Å². The first-order valence-electron chi connectivity index (χ1n) is 7.51. The van der Waals surface area contributed by atoms with Gasteiger partial charge in [0.05, 0.1) is 12.3 Å². The summed E-state index contributed by atoms with van der Waals surface area (Å²) in [7, 11) is 0. The largest absolute Gasteiger partial charge is 0.468 e. The van der Waals surface area contributed by atoms with E-state index in [4.69, 9.17) is 9.15 Å². The maximum atomic E-state index is 12.0. The number of rotatable bonds is 5. The Balaban J connectivity index is 1.59. The van der Waals surface area contributed by atoms with Gasteiger partial charge in [0.2, 0.25) is 5.91 Å². The molecule has 0 aliphatic carbocycles. The molecule has 1 N–H and O–H groups in total. The van der Waals surface area contributed by atoms with Crippen molar-refractivity contribution in [1.82, 2.24) is 10.2 Å². The normalized spacial score (nSPS) is 24.9. The van der Waals surface area contributed by atoms with Crippen LogP contribution in [-0.4, -0.2) is 43.2 Å². The second kappa shape index (κ2) is 6.41. The van der Waals surface area contributed by atoms with Gasteiger partial charge < -0.3 is 14.5 Å². The standard InChI is InChI=1S/C15H22N2O3/c18-15(14-6-4-10-20-14)16-11-12(13-5-3-9-19-13)17-7-1-2-8-17/h3,5,9,12,14H,1-2,4,6-8,10-11H2,(H,16,18)/t12-,14-/m0/s1. The molecule has 0 bridgehead atoms. The van der Waals surface area contributed by atoms with Crippen LogP contribution in [-0.2, 0) is 9.53 Å². The van der Waals surface area contributed by atoms with Crippen LogP contribution in [0.5, 0.6) is 0 Å². The van der Waals surface area contributed by atoms with E-state index in [1.165, 1.54) is 12.8 Å². The molecule has 110 valence electrons. The first-order chi connectivity index (χ1) is 9.84. The van der Waals surface area contributed by atoms with Gasteiger partial charge in [-0.15, -0.1) is 0 Å². The van der Waals surface area contributed by atoms with E-state index in [0.29, 0.717) is 13.2 Å². The molecule has 5 nitrogen and oxygen atoms in total. The van der Waals surface area contributed by atoms with Crippen LogP contribution in [0.1, 0.15) is 37.5 Å². The molecule has 3 heterocycles. The Bertz CT molecular complexity index is 420. The summed E-state index contributed by atoms with van der Waals surface area (Å²) >= 11 is 0. The molecule has 1 aromatic heterocycles. The number of hydrogen-bond donors (Lipinski definition) is 1. The zero-order valence-corrected chi connectivity index (χ0v) is 11.7. The third-order valence-corrected chi connectivity index (χ3v) is 4.14. The molecular formula is C15H22N2O3. The fourth-order valence-electron chi connectivity index (χ4n) is 3.04. The minimum Gasteiger partial charge on any atom is -0.468 e. The van der Waals surface area contributed by atoms with Crippen LogP contribution >= 0.6 is 0 Å². The van der Waals surface area contributed by atoms with Gasteiger partial charge in [0.1, 0.15) is 11.9 Å². The smallest absolute Gasteiger partial charge is 0.249 e. The molecule has 0 unspecified atom stereocenters. The highest BCUT2D eigenvalue weighted by molar-refractivity contribution is 5.81. The molecular weight excluding hydrogens is 256 g/mol. The van der Waals surface area contributed by atoms with Gasteiger partial charge in [-0.1, -0.05) is 0 Å². The van der Waals surface area contributed by atoms with E-state index in [1.54, 1.807) is 6.26 Å². The van der Waals surface area contributed by atoms with Crippen LogP contribution in [0, 0.1) is 0 Å². The highest BCUT2D eigenvalue weighted by atomic mass is 16.5. The summed E-state index contributed by atoms with van der Waals surface area (Å²) in [4.78, 5) is 14.4. The SMILES string of the molecule is O=C(NC[C@@H](c1ccco1)N1CCCC1)[C@@H]1CCCO1. The summed E-state index contributed by atoms with van der Waals surface area (Å²) in [5.74, 6) is 0.942. The highest BCUT2D eigenvalue weighted by Crippen LogP contribution is 2.25. The van der Waals surface area contributed by atoms with Gasteiger partial charge in [-0.2, -0.15) is 0 Å². The lowest BCUT2D eigenvalue weighted by Gasteiger charge is -2.26. The van der Waals surface area contributed by atoms with Crippen molar-refractivity contribution in [2.24, 2.45) is 0 Å². The van der Waals surface area contributed by atoms with Crippen LogP contribution < -0.4 is 5.32 Å². The van der Waals surface area contributed by atoms with E-state index in [2.05, 4.69) is 10.2 Å². The molecule has 0 saturated carbocycles. The van der Waals surface area contributed by atoms with Crippen molar-refractivity contribution in [2.75, 3.05) is 26.2 Å². The molecule has 2 aliphatic heterocycles. The average molecular weight is 278 g/mol. The van der Waals surface area contributed by atoms with Gasteiger partial charge in [-0.3, -0.25) is 9.69 Å². The molecule has 2 aliphatic rings. The van der Waals surface area contributed by atoms with E-state index in [-0.39, 0.29) is 18.1 Å². The summed E-state index contributed by atoms with van der Waals surface area (Å²) in [6.07, 6.45) is 5.69. The Morgan fingerprint density at radius 2 is 2.25 bits per heavy atom. The van der Waals surface area contributed by atoms with Crippen LogP contribution in [0.2, 0.25) is 0 Å². The zero-order chi connectivity index (χ0) is 13.8. The molecule has 2 atom stereocenters. The molecule has 2 saturated heterocycles. The highest BCUT2D eigenvalue weighted by Gasteiger charge is 2.28. The van der Waals surface area contributed by atoms with Crippen LogP contribution in [0.25, 0.3) is 0 Å². The third kappa shape index (κ3) is 3.04. The van der Waals surface area contributed by atoms with Gasteiger partial charge in [0, 0.05) is 13.2 Å². The summed E-state index contributed by atoms with van der Waals surface area (Å²) in [5, 5.41) is 3.02. The van der Waals surface area contributed by atoms with Gasteiger partial charge in [-0.05, 0) is 50.9 Å². The van der Waals surface area contributed by atoms with Crippen molar-refractivity contribution in [3.8, 4) is 0 Å². The number of carbonyl (C=O) groups excluding carboxylic acids is 1. The molecule has 5 heteroatoms. The number of furan rings is 1. The maximum Gasteiger partial charge on any atom is 0.249 e. The van der Waals surface area contributed by atoms with Crippen molar-refractivity contribution in [1.29, 1.82) is 0 Å². The first-order valence-corrected chi connectivity index (χ1v) is 7.51. The Labute approximate surface area is 119 Å². The fourth-order valence-corrected chi connectivity index (χ4v) is 3.04. The summed E-state index contributed by atoms with van der Waals surface area (Å²) in [6.45, 7) is 3.43. The lowest BCUT2D eigenvalue weighted by Crippen LogP contribution is -2.40. The number of carbonyl (C=O) groups is 1. The number of nitrogens with one attached hydrogen (secondary N) is 1. The minimum absolute atomic E-state index is 0.0123. The van der Waals surface area contributed by atoms with Crippen LogP contribution in [0.3, 0.4) is 0 Å². The summed E-state index contributed by atoms with van der Waals surface area (Å²) < 4.78 is 11.0. The number of hydrogen-bond acceptors (Lipinski definition) is 4. The average Bonchev–Trinajstić information content (AvgIpc) is 3.22. The van der Waals surface area contributed by atoms with Gasteiger partial charge in [-0.25, -0.2) is 0 Å². The topological polar surface area (TPSA) is 54.7 Å². The lowest BCUT2D eigenvalue weighted by atomic mass is 10.1. The molecule has 0 aromatic carbocycles. The van der Waals surface area contributed by atoms with Crippen molar-refractivity contribution in [2.45, 2.75) is 37.8 Å². The van der Waals surface area contributed by atoms with E-state index in [9.17, 15) is 4.79 Å². The van der Waals surface area contributed by atoms with Crippen LogP contribution in [0.4, 0.5) is 0 Å². The van der Waals surface area contributed by atoms with E-state index in [0.717, 1.165) is 31.7 Å². The Kier molecular flexibility index (Phi) is 4.38. The third-order valence-electron chi connectivity index (χ3n) is 4.14. The second-order valence-electron chi connectivity index (χ2n) is 5.52. The van der Waals surface area contributed by atoms with Crippen molar-refractivity contribution in [3.05, 3.63) is 24.2 Å². The second-order valence-corrected chi connectivity index (χ2v) is 5.52. The first kappa shape index (κ1) is 13.6. The Morgan fingerprint density at radius 1 is 1.40 bits per heavy atom. The quantitative estimate of drug-likeness (QED) is 0.891.